The molecule has 1 N–H and O–H groups in total. The van der Waals surface area contributed by atoms with E-state index in [0.717, 1.165) is 0 Å². The number of amides is 2. The molecule has 0 heterocycles. The van der Waals surface area contributed by atoms with Gasteiger partial charge in [0.05, 0.1) is 13.5 Å². The Morgan fingerprint density at radius 3 is 2.78 bits per heavy atom. The van der Waals surface area contributed by atoms with Gasteiger partial charge in [0.1, 0.15) is 0 Å². The number of anilines is 1. The summed E-state index contributed by atoms with van der Waals surface area (Å²) in [6.45, 7) is 0.291. The van der Waals surface area contributed by atoms with E-state index < -0.39 is 0 Å². The van der Waals surface area contributed by atoms with Crippen LogP contribution in [0, 0.1) is 0 Å². The van der Waals surface area contributed by atoms with Crippen LogP contribution in [0.4, 0.5) is 10.5 Å². The van der Waals surface area contributed by atoms with Crippen molar-refractivity contribution in [2.45, 2.75) is 6.42 Å². The van der Waals surface area contributed by atoms with Crippen LogP contribution in [0.15, 0.2) is 24.3 Å². The molecule has 0 fully saturated rings. The lowest BCUT2D eigenvalue weighted by Gasteiger charge is -2.17. The standard InChI is InChI=1S/C12H15ClN2O3/c1-15(7-6-11(16)18-2)12(17)14-10-5-3-4-9(13)8-10/h3-5,8H,6-7H2,1-2H3,(H,14,17). The van der Waals surface area contributed by atoms with Gasteiger partial charge in [-0.25, -0.2) is 4.79 Å². The molecule has 0 radical (unpaired) electrons. The highest BCUT2D eigenvalue weighted by atomic mass is 35.5. The van der Waals surface area contributed by atoms with E-state index in [0.29, 0.717) is 17.3 Å². The van der Waals surface area contributed by atoms with Crippen LogP contribution >= 0.6 is 11.6 Å². The fourth-order valence-electron chi connectivity index (χ4n) is 1.25. The van der Waals surface area contributed by atoms with Gasteiger partial charge < -0.3 is 15.0 Å². The van der Waals surface area contributed by atoms with E-state index in [4.69, 9.17) is 11.6 Å². The van der Waals surface area contributed by atoms with Crippen molar-refractivity contribution >= 4 is 29.3 Å². The molecule has 0 atom stereocenters. The number of carbonyl (C=O) groups excluding carboxylic acids is 2. The molecule has 2 amide bonds. The molecule has 0 aromatic heterocycles. The highest BCUT2D eigenvalue weighted by molar-refractivity contribution is 6.30. The van der Waals surface area contributed by atoms with Crippen LogP contribution in [0.2, 0.25) is 5.02 Å². The fraction of sp³-hybridized carbons (Fsp3) is 0.333. The minimum Gasteiger partial charge on any atom is -0.469 e. The molecule has 5 nitrogen and oxygen atoms in total. The summed E-state index contributed by atoms with van der Waals surface area (Å²) >= 11 is 5.80. The number of esters is 1. The molecule has 18 heavy (non-hydrogen) atoms. The van der Waals surface area contributed by atoms with Crippen molar-refractivity contribution in [1.82, 2.24) is 4.90 Å². The first-order chi connectivity index (χ1) is 8.52. The molecule has 0 aliphatic heterocycles. The summed E-state index contributed by atoms with van der Waals surface area (Å²) in [7, 11) is 2.91. The predicted octanol–water partition coefficient (Wildman–Crippen LogP) is 2.37. The molecule has 0 unspecified atom stereocenters. The maximum Gasteiger partial charge on any atom is 0.321 e. The normalized spacial score (nSPS) is 9.72. The van der Waals surface area contributed by atoms with Gasteiger partial charge in [-0.05, 0) is 18.2 Å². The summed E-state index contributed by atoms with van der Waals surface area (Å²) in [4.78, 5) is 24.1. The SMILES string of the molecule is COC(=O)CCN(C)C(=O)Nc1cccc(Cl)c1. The van der Waals surface area contributed by atoms with E-state index in [2.05, 4.69) is 10.1 Å². The first-order valence-corrected chi connectivity index (χ1v) is 5.75. The Bertz CT molecular complexity index is 437. The zero-order valence-corrected chi connectivity index (χ0v) is 11.0. The number of nitrogens with zero attached hydrogens (tertiary/aromatic N) is 1. The summed E-state index contributed by atoms with van der Waals surface area (Å²) < 4.78 is 4.50. The van der Waals surface area contributed by atoms with E-state index in [1.807, 2.05) is 0 Å². The van der Waals surface area contributed by atoms with E-state index in [1.54, 1.807) is 31.3 Å². The number of hydrogen-bond acceptors (Lipinski definition) is 3. The Morgan fingerprint density at radius 2 is 2.17 bits per heavy atom. The molecular formula is C12H15ClN2O3. The summed E-state index contributed by atoms with van der Waals surface area (Å²) in [5.74, 6) is -0.350. The number of ether oxygens (including phenoxy) is 1. The molecule has 1 rings (SSSR count). The topological polar surface area (TPSA) is 58.6 Å². The first kappa shape index (κ1) is 14.3. The lowest BCUT2D eigenvalue weighted by Crippen LogP contribution is -2.33. The molecule has 0 saturated heterocycles. The molecule has 0 aliphatic rings. The maximum atomic E-state index is 11.7. The lowest BCUT2D eigenvalue weighted by atomic mass is 10.3. The van der Waals surface area contributed by atoms with Crippen molar-refractivity contribution in [2.24, 2.45) is 0 Å². The van der Waals surface area contributed by atoms with Gasteiger partial charge in [0.15, 0.2) is 0 Å². The van der Waals surface area contributed by atoms with Crippen molar-refractivity contribution in [3.63, 3.8) is 0 Å². The quantitative estimate of drug-likeness (QED) is 0.855. The van der Waals surface area contributed by atoms with Crippen LogP contribution in [0.3, 0.4) is 0 Å². The molecule has 0 aliphatic carbocycles. The van der Waals surface area contributed by atoms with Crippen molar-refractivity contribution in [3.8, 4) is 0 Å². The van der Waals surface area contributed by atoms with Crippen LogP contribution in [-0.4, -0.2) is 37.6 Å². The van der Waals surface area contributed by atoms with Crippen molar-refractivity contribution in [3.05, 3.63) is 29.3 Å². The average Bonchev–Trinajstić information content (AvgIpc) is 2.35. The van der Waals surface area contributed by atoms with Crippen molar-refractivity contribution < 1.29 is 14.3 Å². The number of rotatable bonds is 4. The summed E-state index contributed by atoms with van der Waals surface area (Å²) in [6.07, 6.45) is 0.163. The third-order valence-electron chi connectivity index (χ3n) is 2.30. The van der Waals surface area contributed by atoms with Gasteiger partial charge in [-0.2, -0.15) is 0 Å². The van der Waals surface area contributed by atoms with Crippen molar-refractivity contribution in [1.29, 1.82) is 0 Å². The zero-order valence-electron chi connectivity index (χ0n) is 10.3. The highest BCUT2D eigenvalue weighted by Crippen LogP contribution is 2.15. The number of carbonyl (C=O) groups is 2. The molecule has 0 saturated carbocycles. The molecule has 0 bridgehead atoms. The number of hydrogen-bond donors (Lipinski definition) is 1. The molecular weight excluding hydrogens is 256 g/mol. The Labute approximate surface area is 111 Å². The van der Waals surface area contributed by atoms with Gasteiger partial charge in [-0.3, -0.25) is 4.79 Å². The van der Waals surface area contributed by atoms with Gasteiger partial charge >= 0.3 is 12.0 Å². The minimum absolute atomic E-state index is 0.163. The van der Waals surface area contributed by atoms with Crippen LogP contribution < -0.4 is 5.32 Å². The Kier molecular flexibility index (Phi) is 5.45. The maximum absolute atomic E-state index is 11.7. The molecule has 0 spiro atoms. The van der Waals surface area contributed by atoms with Gasteiger partial charge in [-0.15, -0.1) is 0 Å². The second-order valence-electron chi connectivity index (χ2n) is 3.69. The second-order valence-corrected chi connectivity index (χ2v) is 4.12. The molecule has 1 aromatic carbocycles. The van der Waals surface area contributed by atoms with Crippen LogP contribution in [-0.2, 0) is 9.53 Å². The number of methoxy groups -OCH3 is 1. The lowest BCUT2D eigenvalue weighted by molar-refractivity contribution is -0.140. The average molecular weight is 271 g/mol. The van der Waals surface area contributed by atoms with Gasteiger partial charge in [0, 0.05) is 24.3 Å². The largest absolute Gasteiger partial charge is 0.469 e. The van der Waals surface area contributed by atoms with Crippen molar-refractivity contribution in [2.75, 3.05) is 26.0 Å². The minimum atomic E-state index is -0.350. The number of benzene rings is 1. The summed E-state index contributed by atoms with van der Waals surface area (Å²) in [5.41, 5.74) is 0.609. The third kappa shape index (κ3) is 4.63. The number of urea groups is 1. The highest BCUT2D eigenvalue weighted by Gasteiger charge is 2.10. The van der Waals surface area contributed by atoms with Crippen LogP contribution in [0.5, 0.6) is 0 Å². The first-order valence-electron chi connectivity index (χ1n) is 5.37. The zero-order chi connectivity index (χ0) is 13.5. The van der Waals surface area contributed by atoms with Gasteiger partial charge in [0.25, 0.3) is 0 Å². The third-order valence-corrected chi connectivity index (χ3v) is 2.54. The van der Waals surface area contributed by atoms with E-state index >= 15 is 0 Å². The monoisotopic (exact) mass is 270 g/mol. The summed E-state index contributed by atoms with van der Waals surface area (Å²) in [6, 6.07) is 6.54. The summed E-state index contributed by atoms with van der Waals surface area (Å²) in [5, 5.41) is 3.22. The molecule has 6 heteroatoms. The van der Waals surface area contributed by atoms with E-state index in [1.165, 1.54) is 12.0 Å². The Hall–Kier alpha value is -1.75. The molecule has 1 aromatic rings. The smallest absolute Gasteiger partial charge is 0.321 e. The van der Waals surface area contributed by atoms with E-state index in [9.17, 15) is 9.59 Å². The predicted molar refractivity (Wildman–Crippen MR) is 69.7 cm³/mol. The Morgan fingerprint density at radius 1 is 1.44 bits per heavy atom. The number of halogens is 1. The second kappa shape index (κ2) is 6.86. The van der Waals surface area contributed by atoms with Gasteiger partial charge in [0.2, 0.25) is 0 Å². The number of nitrogens with one attached hydrogen (secondary N) is 1. The van der Waals surface area contributed by atoms with E-state index in [-0.39, 0.29) is 18.4 Å². The fourth-order valence-corrected chi connectivity index (χ4v) is 1.44. The van der Waals surface area contributed by atoms with Crippen LogP contribution in [0.25, 0.3) is 0 Å². The molecule has 98 valence electrons. The van der Waals surface area contributed by atoms with Gasteiger partial charge in [-0.1, -0.05) is 17.7 Å². The van der Waals surface area contributed by atoms with Crippen LogP contribution in [0.1, 0.15) is 6.42 Å². The Balaban J connectivity index is 2.47.